The van der Waals surface area contributed by atoms with Gasteiger partial charge in [0.15, 0.2) is 0 Å². The molecule has 0 saturated heterocycles. The molecule has 7 rings (SSSR count). The normalized spacial score (nSPS) is 27.6. The molecule has 1 unspecified atom stereocenters. The van der Waals surface area contributed by atoms with E-state index < -0.39 is 39.5 Å². The van der Waals surface area contributed by atoms with Crippen molar-refractivity contribution in [2.45, 2.75) is 65.2 Å². The van der Waals surface area contributed by atoms with E-state index in [0.29, 0.717) is 51.7 Å². The van der Waals surface area contributed by atoms with Crippen molar-refractivity contribution in [1.82, 2.24) is 0 Å². The highest BCUT2D eigenvalue weighted by Gasteiger charge is 2.63. The molecular formula is C31H31F3O3S. The minimum Gasteiger partial charge on any atom is -0.397 e. The van der Waals surface area contributed by atoms with Gasteiger partial charge >= 0.3 is 11.9 Å². The Labute approximate surface area is 222 Å². The summed E-state index contributed by atoms with van der Waals surface area (Å²) < 4.78 is 52.1. The second kappa shape index (κ2) is 9.45. The van der Waals surface area contributed by atoms with Gasteiger partial charge in [-0.25, -0.2) is 9.18 Å². The van der Waals surface area contributed by atoms with Crippen LogP contribution in [0, 0.1) is 29.0 Å². The second-order valence-electron chi connectivity index (χ2n) is 11.3. The lowest BCUT2D eigenvalue weighted by atomic mass is 9.47. The van der Waals surface area contributed by atoms with Gasteiger partial charge < -0.3 is 9.29 Å². The monoisotopic (exact) mass is 540 g/mol. The van der Waals surface area contributed by atoms with Gasteiger partial charge in [-0.3, -0.25) is 0 Å². The molecule has 0 radical (unpaired) electrons. The van der Waals surface area contributed by atoms with Crippen LogP contribution in [0.5, 0.6) is 0 Å². The highest BCUT2D eigenvalue weighted by atomic mass is 32.3. The van der Waals surface area contributed by atoms with E-state index in [0.717, 1.165) is 19.3 Å². The van der Waals surface area contributed by atoms with E-state index in [4.69, 9.17) is 4.18 Å². The summed E-state index contributed by atoms with van der Waals surface area (Å²) in [5, 5.41) is 11.3. The van der Waals surface area contributed by atoms with Gasteiger partial charge in [-0.15, -0.1) is 0 Å². The number of aliphatic hydroxyl groups excluding tert-OH is 1. The number of halogens is 3. The van der Waals surface area contributed by atoms with Crippen LogP contribution in [0.4, 0.5) is 13.2 Å². The number of alkyl halides is 2. The first-order valence-electron chi connectivity index (χ1n) is 13.2. The van der Waals surface area contributed by atoms with E-state index in [-0.39, 0.29) is 0 Å². The lowest BCUT2D eigenvalue weighted by molar-refractivity contribution is -0.218. The molecule has 200 valence electrons. The quantitative estimate of drug-likeness (QED) is 0.333. The molecule has 3 aromatic carbocycles. The van der Waals surface area contributed by atoms with Gasteiger partial charge in [0.1, 0.15) is 11.9 Å². The van der Waals surface area contributed by atoms with Crippen molar-refractivity contribution < 1.29 is 27.3 Å². The SMILES string of the molecule is O=C(OS(c1ccccc1)(c1ccccc1)c1ccc(F)cc1)C(F)(F)C(O)C12CC3CC(CC(C3)C1)C2. The molecule has 4 fully saturated rings. The van der Waals surface area contributed by atoms with Crippen LogP contribution in [0.1, 0.15) is 38.5 Å². The minimum atomic E-state index is -4.10. The average Bonchev–Trinajstić information content (AvgIpc) is 2.92. The standard InChI is InChI=1S/C31H31F3O3S/c32-24-11-13-27(14-12-24)38(25-7-3-1-4-8-25,26-9-5-2-6-10-26)37-29(36)31(33,34)28(35)30-18-21-15-22(19-30)17-23(16-21)20-30/h1-14,21-23,28,35H,15-20H2. The molecule has 0 aromatic heterocycles. The fraction of sp³-hybridized carbons (Fsp3) is 0.387. The Bertz CT molecular complexity index is 1220. The summed E-state index contributed by atoms with van der Waals surface area (Å²) >= 11 is 0. The number of rotatable bonds is 7. The number of hydrogen-bond donors (Lipinski definition) is 1. The van der Waals surface area contributed by atoms with Crippen LogP contribution in [-0.4, -0.2) is 23.1 Å². The van der Waals surface area contributed by atoms with Gasteiger partial charge in [0.25, 0.3) is 0 Å². The predicted octanol–water partition coefficient (Wildman–Crippen LogP) is 7.78. The number of aliphatic hydroxyl groups is 1. The van der Waals surface area contributed by atoms with Crippen molar-refractivity contribution in [3.05, 3.63) is 90.7 Å². The van der Waals surface area contributed by atoms with Crippen molar-refractivity contribution in [3.8, 4) is 0 Å². The Morgan fingerprint density at radius 3 is 1.66 bits per heavy atom. The topological polar surface area (TPSA) is 46.5 Å². The maximum absolute atomic E-state index is 16.1. The summed E-state index contributed by atoms with van der Waals surface area (Å²) in [5.41, 5.74) is -0.968. The Kier molecular flexibility index (Phi) is 6.35. The van der Waals surface area contributed by atoms with E-state index in [9.17, 15) is 14.3 Å². The third-order valence-corrected chi connectivity index (χ3v) is 12.0. The highest BCUT2D eigenvalue weighted by molar-refractivity contribution is 8.30. The van der Waals surface area contributed by atoms with E-state index >= 15 is 8.78 Å². The van der Waals surface area contributed by atoms with Crippen molar-refractivity contribution in [3.63, 3.8) is 0 Å². The Balaban J connectivity index is 1.42. The lowest BCUT2D eigenvalue weighted by Crippen LogP contribution is -2.59. The van der Waals surface area contributed by atoms with Gasteiger partial charge in [0.05, 0.1) is 0 Å². The van der Waals surface area contributed by atoms with Crippen LogP contribution in [0.15, 0.2) is 99.6 Å². The molecule has 1 atom stereocenters. The minimum absolute atomic E-state index is 0.334. The molecule has 1 N–H and O–H groups in total. The largest absolute Gasteiger partial charge is 0.397 e. The summed E-state index contributed by atoms with van der Waals surface area (Å²) in [5.74, 6) is -5.33. The molecule has 4 aliphatic carbocycles. The third kappa shape index (κ3) is 4.15. The average molecular weight is 541 g/mol. The first-order valence-corrected chi connectivity index (χ1v) is 14.8. The Morgan fingerprint density at radius 2 is 1.21 bits per heavy atom. The molecule has 0 aliphatic heterocycles. The Hall–Kier alpha value is -2.77. The molecule has 3 aromatic rings. The number of benzene rings is 3. The molecule has 4 bridgehead atoms. The molecule has 0 spiro atoms. The predicted molar refractivity (Wildman–Crippen MR) is 139 cm³/mol. The summed E-state index contributed by atoms with van der Waals surface area (Å²) in [7, 11) is -3.03. The van der Waals surface area contributed by atoms with E-state index in [1.165, 1.54) is 24.3 Å². The van der Waals surface area contributed by atoms with Crippen molar-refractivity contribution in [2.75, 3.05) is 0 Å². The highest BCUT2D eigenvalue weighted by Crippen LogP contribution is 2.70. The number of carbonyl (C=O) groups excluding carboxylic acids is 1. The van der Waals surface area contributed by atoms with Crippen molar-refractivity contribution in [1.29, 1.82) is 0 Å². The molecule has 7 heteroatoms. The number of hydrogen-bond acceptors (Lipinski definition) is 3. The summed E-state index contributed by atoms with van der Waals surface area (Å²) in [6.07, 6.45) is 2.54. The summed E-state index contributed by atoms with van der Waals surface area (Å²) in [6.45, 7) is 0. The zero-order valence-corrected chi connectivity index (χ0v) is 21.8. The molecule has 4 aliphatic rings. The maximum Gasteiger partial charge on any atom is 0.391 e. The first-order chi connectivity index (χ1) is 18.2. The van der Waals surface area contributed by atoms with Crippen LogP contribution >= 0.6 is 10.3 Å². The summed E-state index contributed by atoms with van der Waals surface area (Å²) in [4.78, 5) is 15.1. The van der Waals surface area contributed by atoms with Crippen LogP contribution in [0.3, 0.4) is 0 Å². The van der Waals surface area contributed by atoms with E-state index in [1.807, 2.05) is 0 Å². The second-order valence-corrected chi connectivity index (χ2v) is 14.0. The Morgan fingerprint density at radius 1 is 0.789 bits per heavy atom. The van der Waals surface area contributed by atoms with Crippen LogP contribution in [0.25, 0.3) is 0 Å². The zero-order chi connectivity index (χ0) is 26.5. The van der Waals surface area contributed by atoms with Crippen molar-refractivity contribution >= 4 is 16.3 Å². The number of carbonyl (C=O) groups is 1. The van der Waals surface area contributed by atoms with Gasteiger partial charge in [0.2, 0.25) is 0 Å². The molecule has 0 heterocycles. The zero-order valence-electron chi connectivity index (χ0n) is 20.9. The van der Waals surface area contributed by atoms with Crippen LogP contribution in [0.2, 0.25) is 0 Å². The van der Waals surface area contributed by atoms with E-state index in [1.54, 1.807) is 60.7 Å². The van der Waals surface area contributed by atoms with Crippen molar-refractivity contribution in [2.24, 2.45) is 23.2 Å². The van der Waals surface area contributed by atoms with Gasteiger partial charge in [-0.05, 0) is 115 Å². The molecule has 4 saturated carbocycles. The van der Waals surface area contributed by atoms with Gasteiger partial charge in [0, 0.05) is 20.1 Å². The van der Waals surface area contributed by atoms with Gasteiger partial charge in [-0.2, -0.15) is 8.78 Å². The van der Waals surface area contributed by atoms with E-state index in [2.05, 4.69) is 0 Å². The molecular weight excluding hydrogens is 509 g/mol. The molecule has 0 amide bonds. The first kappa shape index (κ1) is 25.5. The maximum atomic E-state index is 16.1. The van der Waals surface area contributed by atoms with Crippen LogP contribution < -0.4 is 0 Å². The van der Waals surface area contributed by atoms with Crippen LogP contribution in [-0.2, 0) is 8.98 Å². The molecule has 3 nitrogen and oxygen atoms in total. The molecule has 38 heavy (non-hydrogen) atoms. The smallest absolute Gasteiger partial charge is 0.391 e. The lowest BCUT2D eigenvalue weighted by Gasteiger charge is -2.58. The third-order valence-electron chi connectivity index (χ3n) is 8.78. The summed E-state index contributed by atoms with van der Waals surface area (Å²) in [6, 6.07) is 22.9. The fourth-order valence-corrected chi connectivity index (χ4v) is 10.6. The van der Waals surface area contributed by atoms with Gasteiger partial charge in [-0.1, -0.05) is 36.4 Å². The fourth-order valence-electron chi connectivity index (χ4n) is 7.58.